The van der Waals surface area contributed by atoms with Crippen LogP contribution in [0.25, 0.3) is 0 Å². The molecular formula is C22H32N4O2S. The summed E-state index contributed by atoms with van der Waals surface area (Å²) in [5.41, 5.74) is 2.35. The number of benzene rings is 1. The van der Waals surface area contributed by atoms with E-state index in [1.54, 1.807) is 0 Å². The lowest BCUT2D eigenvalue weighted by molar-refractivity contribution is -0.132. The maximum atomic E-state index is 12.8. The Bertz CT molecular complexity index is 836. The monoisotopic (exact) mass is 416 g/mol. The Morgan fingerprint density at radius 2 is 2.07 bits per heavy atom. The van der Waals surface area contributed by atoms with Crippen LogP contribution in [-0.4, -0.2) is 43.9 Å². The zero-order chi connectivity index (χ0) is 20.8. The molecule has 0 N–H and O–H groups in total. The maximum absolute atomic E-state index is 12.8. The number of aryl methyl sites for hydroxylation is 1. The largest absolute Gasteiger partial charge is 0.485 e. The highest BCUT2D eigenvalue weighted by Gasteiger charge is 2.25. The number of piperidine rings is 1. The topological polar surface area (TPSA) is 60.3 Å². The molecule has 7 heteroatoms. The van der Waals surface area contributed by atoms with Crippen LogP contribution in [-0.2, 0) is 17.9 Å². The molecule has 1 aromatic heterocycles. The van der Waals surface area contributed by atoms with Gasteiger partial charge in [-0.3, -0.25) is 4.79 Å². The van der Waals surface area contributed by atoms with Crippen LogP contribution in [0.1, 0.15) is 56.5 Å². The van der Waals surface area contributed by atoms with Crippen molar-refractivity contribution >= 4 is 17.7 Å². The number of hydrogen-bond acceptors (Lipinski definition) is 5. The second-order valence-electron chi connectivity index (χ2n) is 7.56. The van der Waals surface area contributed by atoms with Gasteiger partial charge in [0.25, 0.3) is 0 Å². The van der Waals surface area contributed by atoms with Crippen molar-refractivity contribution in [2.24, 2.45) is 0 Å². The minimum absolute atomic E-state index is 0.209. The van der Waals surface area contributed by atoms with E-state index in [1.807, 2.05) is 16.7 Å². The summed E-state index contributed by atoms with van der Waals surface area (Å²) in [4.78, 5) is 14.8. The van der Waals surface area contributed by atoms with Crippen LogP contribution in [0.4, 0.5) is 0 Å². The number of aromatic nitrogens is 3. The number of carbonyl (C=O) groups is 1. The molecule has 1 saturated heterocycles. The molecule has 0 saturated carbocycles. The lowest BCUT2D eigenvalue weighted by atomic mass is 10.0. The third kappa shape index (κ3) is 5.13. The van der Waals surface area contributed by atoms with Crippen molar-refractivity contribution in [3.63, 3.8) is 0 Å². The van der Waals surface area contributed by atoms with E-state index in [1.165, 1.54) is 23.7 Å². The molecular weight excluding hydrogens is 384 g/mol. The molecule has 2 heterocycles. The fourth-order valence-electron chi connectivity index (χ4n) is 3.84. The van der Waals surface area contributed by atoms with E-state index in [4.69, 9.17) is 4.74 Å². The number of hydrogen-bond donors (Lipinski definition) is 0. The summed E-state index contributed by atoms with van der Waals surface area (Å²) in [6.45, 7) is 10.4. The fraction of sp³-hybridized carbons (Fsp3) is 0.591. The van der Waals surface area contributed by atoms with Gasteiger partial charge < -0.3 is 14.2 Å². The molecule has 2 aromatic rings. The van der Waals surface area contributed by atoms with Gasteiger partial charge in [0.1, 0.15) is 12.4 Å². The standard InChI is InChI=1S/C22H32N4O2S/c1-5-18-11-7-8-13-26(18)21(27)15-29-22-24-23-20(25(22)6-2)14-28-19-12-9-10-16(3)17(19)4/h9-10,12,18H,5-8,11,13-15H2,1-4H3/t18-/m1/s1. The molecule has 1 amide bonds. The second-order valence-corrected chi connectivity index (χ2v) is 8.51. The smallest absolute Gasteiger partial charge is 0.233 e. The third-order valence-corrected chi connectivity index (χ3v) is 6.72. The molecule has 0 unspecified atom stereocenters. The van der Waals surface area contributed by atoms with Crippen LogP contribution >= 0.6 is 11.8 Å². The number of carbonyl (C=O) groups excluding carboxylic acids is 1. The van der Waals surface area contributed by atoms with Gasteiger partial charge in [0.05, 0.1) is 5.75 Å². The van der Waals surface area contributed by atoms with Crippen molar-refractivity contribution in [1.82, 2.24) is 19.7 Å². The molecule has 29 heavy (non-hydrogen) atoms. The molecule has 1 aliphatic rings. The number of amides is 1. The van der Waals surface area contributed by atoms with Crippen LogP contribution in [0.5, 0.6) is 5.75 Å². The molecule has 158 valence electrons. The summed E-state index contributed by atoms with van der Waals surface area (Å²) in [5.74, 6) is 2.27. The molecule has 1 aromatic carbocycles. The van der Waals surface area contributed by atoms with Crippen molar-refractivity contribution < 1.29 is 9.53 Å². The van der Waals surface area contributed by atoms with Crippen LogP contribution in [0.2, 0.25) is 0 Å². The fourth-order valence-corrected chi connectivity index (χ4v) is 4.74. The van der Waals surface area contributed by atoms with Gasteiger partial charge in [0, 0.05) is 19.1 Å². The van der Waals surface area contributed by atoms with Crippen molar-refractivity contribution in [3.05, 3.63) is 35.2 Å². The van der Waals surface area contributed by atoms with Gasteiger partial charge in [0.15, 0.2) is 11.0 Å². The lowest BCUT2D eigenvalue weighted by Crippen LogP contribution is -2.44. The van der Waals surface area contributed by atoms with Gasteiger partial charge >= 0.3 is 0 Å². The van der Waals surface area contributed by atoms with E-state index < -0.39 is 0 Å². The third-order valence-electron chi connectivity index (χ3n) is 5.76. The normalized spacial score (nSPS) is 16.8. The number of likely N-dealkylation sites (tertiary alicyclic amines) is 1. The van der Waals surface area contributed by atoms with Crippen LogP contribution in [0.15, 0.2) is 23.4 Å². The first-order valence-corrected chi connectivity index (χ1v) is 11.6. The molecule has 6 nitrogen and oxygen atoms in total. The molecule has 1 aliphatic heterocycles. The molecule has 0 bridgehead atoms. The van der Waals surface area contributed by atoms with E-state index in [-0.39, 0.29) is 5.91 Å². The Morgan fingerprint density at radius 3 is 2.83 bits per heavy atom. The van der Waals surface area contributed by atoms with E-state index in [0.29, 0.717) is 18.4 Å². The summed E-state index contributed by atoms with van der Waals surface area (Å²) in [6.07, 6.45) is 4.49. The van der Waals surface area contributed by atoms with Crippen molar-refractivity contribution in [3.8, 4) is 5.75 Å². The van der Waals surface area contributed by atoms with Gasteiger partial charge in [-0.25, -0.2) is 0 Å². The first-order chi connectivity index (χ1) is 14.0. The molecule has 0 radical (unpaired) electrons. The number of rotatable bonds is 8. The highest BCUT2D eigenvalue weighted by Crippen LogP contribution is 2.24. The quantitative estimate of drug-likeness (QED) is 0.598. The summed E-state index contributed by atoms with van der Waals surface area (Å²) in [6, 6.07) is 6.45. The number of nitrogens with zero attached hydrogens (tertiary/aromatic N) is 4. The van der Waals surface area contributed by atoms with E-state index in [0.717, 1.165) is 54.6 Å². The Hall–Kier alpha value is -2.02. The molecule has 1 fully saturated rings. The molecule has 0 aliphatic carbocycles. The Kier molecular flexibility index (Phi) is 7.58. The first kappa shape index (κ1) is 21.7. The highest BCUT2D eigenvalue weighted by molar-refractivity contribution is 7.99. The SMILES string of the molecule is CC[C@@H]1CCCCN1C(=O)CSc1nnc(COc2cccc(C)c2C)n1CC. The predicted molar refractivity (Wildman–Crippen MR) is 116 cm³/mol. The van der Waals surface area contributed by atoms with Crippen LogP contribution in [0, 0.1) is 13.8 Å². The zero-order valence-electron chi connectivity index (χ0n) is 18.0. The van der Waals surface area contributed by atoms with Gasteiger partial charge in [-0.05, 0) is 63.6 Å². The minimum atomic E-state index is 0.209. The molecule has 1 atom stereocenters. The summed E-state index contributed by atoms with van der Waals surface area (Å²) in [7, 11) is 0. The Morgan fingerprint density at radius 1 is 1.24 bits per heavy atom. The predicted octanol–water partition coefficient (Wildman–Crippen LogP) is 4.38. The first-order valence-electron chi connectivity index (χ1n) is 10.6. The Labute approximate surface area is 178 Å². The van der Waals surface area contributed by atoms with Crippen LogP contribution in [0.3, 0.4) is 0 Å². The maximum Gasteiger partial charge on any atom is 0.233 e. The molecule has 3 rings (SSSR count). The summed E-state index contributed by atoms with van der Waals surface area (Å²) in [5, 5.41) is 9.42. The van der Waals surface area contributed by atoms with E-state index in [2.05, 4.69) is 48.9 Å². The minimum Gasteiger partial charge on any atom is -0.485 e. The van der Waals surface area contributed by atoms with Gasteiger partial charge in [-0.1, -0.05) is 30.8 Å². The van der Waals surface area contributed by atoms with Crippen molar-refractivity contribution in [1.29, 1.82) is 0 Å². The van der Waals surface area contributed by atoms with Gasteiger partial charge in [-0.2, -0.15) is 0 Å². The number of thioether (sulfide) groups is 1. The van der Waals surface area contributed by atoms with Crippen molar-refractivity contribution in [2.75, 3.05) is 12.3 Å². The highest BCUT2D eigenvalue weighted by atomic mass is 32.2. The Balaban J connectivity index is 1.62. The summed E-state index contributed by atoms with van der Waals surface area (Å²) < 4.78 is 8.04. The molecule has 0 spiro atoms. The average molecular weight is 417 g/mol. The number of ether oxygens (including phenoxy) is 1. The zero-order valence-corrected chi connectivity index (χ0v) is 18.8. The van der Waals surface area contributed by atoms with Gasteiger partial charge in [-0.15, -0.1) is 10.2 Å². The van der Waals surface area contributed by atoms with E-state index in [9.17, 15) is 4.79 Å². The van der Waals surface area contributed by atoms with E-state index >= 15 is 0 Å². The van der Waals surface area contributed by atoms with Crippen molar-refractivity contribution in [2.45, 2.75) is 77.7 Å². The average Bonchev–Trinajstić information content (AvgIpc) is 3.14. The summed E-state index contributed by atoms with van der Waals surface area (Å²) >= 11 is 1.48. The van der Waals surface area contributed by atoms with Gasteiger partial charge in [0.2, 0.25) is 5.91 Å². The lowest BCUT2D eigenvalue weighted by Gasteiger charge is -2.35. The van der Waals surface area contributed by atoms with Crippen LogP contribution < -0.4 is 4.74 Å². The second kappa shape index (κ2) is 10.1.